The number of carbonyl (C=O) groups excluding carboxylic acids is 2. The highest BCUT2D eigenvalue weighted by Crippen LogP contribution is 2.54. The van der Waals surface area contributed by atoms with Crippen molar-refractivity contribution in [3.05, 3.63) is 70.7 Å². The van der Waals surface area contributed by atoms with Crippen LogP contribution in [0.4, 0.5) is 0 Å². The second-order valence-electron chi connectivity index (χ2n) is 10.4. The molecule has 3 aliphatic heterocycles. The normalized spacial score (nSPS) is 30.5. The fourth-order valence-electron chi connectivity index (χ4n) is 6.51. The summed E-state index contributed by atoms with van der Waals surface area (Å²) in [6.45, 7) is 6.51. The summed E-state index contributed by atoms with van der Waals surface area (Å²) in [6, 6.07) is 18.0. The monoisotopic (exact) mass is 465 g/mol. The van der Waals surface area contributed by atoms with Gasteiger partial charge in [0.15, 0.2) is 0 Å². The summed E-state index contributed by atoms with van der Waals surface area (Å²) >= 11 is 6.08. The lowest BCUT2D eigenvalue weighted by Crippen LogP contribution is -2.75. The Labute approximate surface area is 200 Å². The molecule has 2 aromatic carbocycles. The molecule has 1 aliphatic carbocycles. The maximum atomic E-state index is 13.7. The lowest BCUT2D eigenvalue weighted by molar-refractivity contribution is -0.155. The number of benzene rings is 2. The molecule has 0 aromatic heterocycles. The molecular weight excluding hydrogens is 434 g/mol. The lowest BCUT2D eigenvalue weighted by Gasteiger charge is -2.55. The topological polar surface area (TPSA) is 61.4 Å². The Hall–Kier alpha value is -2.37. The third kappa shape index (κ3) is 4.06. The van der Waals surface area contributed by atoms with Crippen LogP contribution in [0.15, 0.2) is 54.6 Å². The predicted octanol–water partition coefficient (Wildman–Crippen LogP) is 4.01. The van der Waals surface area contributed by atoms with Gasteiger partial charge in [-0.25, -0.2) is 0 Å². The Morgan fingerprint density at radius 2 is 1.88 bits per heavy atom. The quantitative estimate of drug-likeness (QED) is 0.649. The van der Waals surface area contributed by atoms with Crippen LogP contribution in [0, 0.1) is 23.7 Å². The van der Waals surface area contributed by atoms with Gasteiger partial charge in [-0.3, -0.25) is 14.5 Å². The molecule has 4 bridgehead atoms. The van der Waals surface area contributed by atoms with Crippen molar-refractivity contribution in [2.45, 2.75) is 51.4 Å². The van der Waals surface area contributed by atoms with E-state index in [-0.39, 0.29) is 35.6 Å². The molecule has 6 heteroatoms. The molecule has 3 saturated heterocycles. The zero-order chi connectivity index (χ0) is 23.2. The van der Waals surface area contributed by atoms with Gasteiger partial charge in [0, 0.05) is 36.6 Å². The molecular formula is C27H32ClN3O2. The van der Waals surface area contributed by atoms with E-state index in [1.807, 2.05) is 42.5 Å². The number of hydrogen-bond acceptors (Lipinski definition) is 3. The SMILES string of the molecule is CC(C)C[C@@H]1[C@@H]2[C@@H]3C(=O)N[C@@]1(C(=O)NCc1ccccc1)C[C@@H]3CN2Cc1ccc(Cl)cc1. The van der Waals surface area contributed by atoms with E-state index in [2.05, 4.69) is 41.5 Å². The molecule has 0 radical (unpaired) electrons. The van der Waals surface area contributed by atoms with Crippen LogP contribution in [0.1, 0.15) is 37.8 Å². The number of nitrogens with one attached hydrogen (secondary N) is 2. The first-order chi connectivity index (χ1) is 15.9. The van der Waals surface area contributed by atoms with Gasteiger partial charge in [0.1, 0.15) is 5.54 Å². The van der Waals surface area contributed by atoms with Gasteiger partial charge in [-0.2, -0.15) is 0 Å². The molecule has 2 amide bonds. The van der Waals surface area contributed by atoms with E-state index in [4.69, 9.17) is 11.6 Å². The number of rotatable bonds is 7. The summed E-state index contributed by atoms with van der Waals surface area (Å²) in [5.74, 6) is 0.701. The van der Waals surface area contributed by atoms with E-state index in [1.54, 1.807) is 0 Å². The van der Waals surface area contributed by atoms with Crippen molar-refractivity contribution in [1.82, 2.24) is 15.5 Å². The molecule has 33 heavy (non-hydrogen) atoms. The highest BCUT2D eigenvalue weighted by atomic mass is 35.5. The molecule has 0 unspecified atom stereocenters. The first-order valence-corrected chi connectivity index (χ1v) is 12.4. The molecule has 2 N–H and O–H groups in total. The van der Waals surface area contributed by atoms with Gasteiger partial charge in [-0.05, 0) is 47.9 Å². The molecule has 2 aromatic rings. The summed E-state index contributed by atoms with van der Waals surface area (Å²) in [5.41, 5.74) is 1.41. The number of nitrogens with zero attached hydrogens (tertiary/aromatic N) is 1. The average molecular weight is 466 g/mol. The Bertz CT molecular complexity index is 1030. The Balaban J connectivity index is 1.43. The van der Waals surface area contributed by atoms with Crippen molar-refractivity contribution < 1.29 is 9.59 Å². The number of amides is 2. The zero-order valence-corrected chi connectivity index (χ0v) is 20.0. The van der Waals surface area contributed by atoms with Crippen molar-refractivity contribution in [1.29, 1.82) is 0 Å². The first-order valence-electron chi connectivity index (χ1n) is 12.0. The van der Waals surface area contributed by atoms with E-state index in [1.165, 1.54) is 5.56 Å². The Kier molecular flexibility index (Phi) is 5.96. The smallest absolute Gasteiger partial charge is 0.246 e. The van der Waals surface area contributed by atoms with Crippen LogP contribution >= 0.6 is 11.6 Å². The summed E-state index contributed by atoms with van der Waals surface area (Å²) in [4.78, 5) is 29.4. The van der Waals surface area contributed by atoms with Crippen LogP contribution in [0.5, 0.6) is 0 Å². The van der Waals surface area contributed by atoms with Gasteiger partial charge < -0.3 is 10.6 Å². The minimum atomic E-state index is -0.838. The maximum absolute atomic E-state index is 13.7. The van der Waals surface area contributed by atoms with E-state index >= 15 is 0 Å². The number of carbonyl (C=O) groups is 2. The fraction of sp³-hybridized carbons (Fsp3) is 0.481. The second-order valence-corrected chi connectivity index (χ2v) is 10.8. The van der Waals surface area contributed by atoms with Crippen LogP contribution in [0.3, 0.4) is 0 Å². The summed E-state index contributed by atoms with van der Waals surface area (Å²) in [6.07, 6.45) is 1.62. The van der Waals surface area contributed by atoms with E-state index in [9.17, 15) is 9.59 Å². The Morgan fingerprint density at radius 1 is 1.15 bits per heavy atom. The fourth-order valence-corrected chi connectivity index (χ4v) is 6.63. The highest BCUT2D eigenvalue weighted by Gasteiger charge is 2.67. The largest absolute Gasteiger partial charge is 0.350 e. The summed E-state index contributed by atoms with van der Waals surface area (Å²) in [7, 11) is 0. The number of hydrogen-bond donors (Lipinski definition) is 2. The van der Waals surface area contributed by atoms with Crippen molar-refractivity contribution >= 4 is 23.4 Å². The third-order valence-corrected chi connectivity index (χ3v) is 8.02. The second kappa shape index (κ2) is 8.77. The van der Waals surface area contributed by atoms with E-state index < -0.39 is 5.54 Å². The molecule has 1 saturated carbocycles. The molecule has 6 rings (SSSR count). The van der Waals surface area contributed by atoms with Crippen LogP contribution < -0.4 is 10.6 Å². The summed E-state index contributed by atoms with van der Waals surface area (Å²) in [5, 5.41) is 7.11. The van der Waals surface area contributed by atoms with Gasteiger partial charge in [-0.15, -0.1) is 0 Å². The van der Waals surface area contributed by atoms with E-state index in [0.29, 0.717) is 12.5 Å². The Morgan fingerprint density at radius 3 is 2.58 bits per heavy atom. The zero-order valence-electron chi connectivity index (χ0n) is 19.3. The average Bonchev–Trinajstić information content (AvgIpc) is 3.10. The lowest BCUT2D eigenvalue weighted by atomic mass is 9.57. The van der Waals surface area contributed by atoms with Crippen molar-refractivity contribution in [3.8, 4) is 0 Å². The number of likely N-dealkylation sites (tertiary alicyclic amines) is 1. The van der Waals surface area contributed by atoms with Crippen molar-refractivity contribution in [2.75, 3.05) is 6.54 Å². The molecule has 0 spiro atoms. The van der Waals surface area contributed by atoms with Gasteiger partial charge in [0.05, 0.1) is 5.92 Å². The highest BCUT2D eigenvalue weighted by molar-refractivity contribution is 6.30. The molecule has 3 heterocycles. The minimum Gasteiger partial charge on any atom is -0.350 e. The maximum Gasteiger partial charge on any atom is 0.246 e. The van der Waals surface area contributed by atoms with Gasteiger partial charge >= 0.3 is 0 Å². The molecule has 4 fully saturated rings. The minimum absolute atomic E-state index is 0.0353. The predicted molar refractivity (Wildman–Crippen MR) is 129 cm³/mol. The molecule has 5 atom stereocenters. The van der Waals surface area contributed by atoms with Crippen LogP contribution in [0.25, 0.3) is 0 Å². The number of piperidine rings is 2. The standard InChI is InChI=1S/C27H32ClN3O2/c1-17(2)12-22-24-23-20(16-31(24)15-19-8-10-21(28)11-9-19)13-27(22,30-25(23)32)26(33)29-14-18-6-4-3-5-7-18/h3-11,17,20,22-24H,12-16H2,1-2H3,(H,29,33)(H,30,32)/t20-,22-,23-,24-,27+/m1/s1. The van der Waals surface area contributed by atoms with Gasteiger partial charge in [0.25, 0.3) is 0 Å². The van der Waals surface area contributed by atoms with Crippen molar-refractivity contribution in [2.24, 2.45) is 23.7 Å². The molecule has 174 valence electrons. The van der Waals surface area contributed by atoms with Crippen LogP contribution in [-0.2, 0) is 22.7 Å². The molecule has 4 aliphatic rings. The molecule has 5 nitrogen and oxygen atoms in total. The van der Waals surface area contributed by atoms with Crippen molar-refractivity contribution in [3.63, 3.8) is 0 Å². The van der Waals surface area contributed by atoms with E-state index in [0.717, 1.165) is 36.5 Å². The summed E-state index contributed by atoms with van der Waals surface area (Å²) < 4.78 is 0. The van der Waals surface area contributed by atoms with Gasteiger partial charge in [0.2, 0.25) is 11.8 Å². The van der Waals surface area contributed by atoms with Gasteiger partial charge in [-0.1, -0.05) is 67.9 Å². The van der Waals surface area contributed by atoms with Crippen LogP contribution in [0.2, 0.25) is 5.02 Å². The first kappa shape index (κ1) is 22.4. The number of halogens is 1. The number of fused-ring (bicyclic) bond motifs is 1. The van der Waals surface area contributed by atoms with Crippen LogP contribution in [-0.4, -0.2) is 34.8 Å². The third-order valence-electron chi connectivity index (χ3n) is 7.77.